The van der Waals surface area contributed by atoms with E-state index < -0.39 is 0 Å². The molecule has 4 nitrogen and oxygen atoms in total. The molecule has 1 N–H and O–H groups in total. The van der Waals surface area contributed by atoms with Gasteiger partial charge in [0, 0.05) is 50.2 Å². The lowest BCUT2D eigenvalue weighted by atomic mass is 10.1. The number of nitrogens with zero attached hydrogens (tertiary/aromatic N) is 2. The van der Waals surface area contributed by atoms with Crippen molar-refractivity contribution < 1.29 is 14.2 Å². The van der Waals surface area contributed by atoms with Crippen LogP contribution in [-0.4, -0.2) is 54.3 Å². The van der Waals surface area contributed by atoms with Crippen LogP contribution >= 0.6 is 11.3 Å². The summed E-state index contributed by atoms with van der Waals surface area (Å²) in [5, 5.41) is 11.5. The van der Waals surface area contributed by atoms with Crippen LogP contribution < -0.4 is 4.74 Å². The van der Waals surface area contributed by atoms with Crippen LogP contribution in [0.25, 0.3) is 0 Å². The van der Waals surface area contributed by atoms with Crippen LogP contribution in [0.5, 0.6) is 5.75 Å². The van der Waals surface area contributed by atoms with E-state index in [4.69, 9.17) is 4.74 Å². The zero-order valence-electron chi connectivity index (χ0n) is 14.5. The summed E-state index contributed by atoms with van der Waals surface area (Å²) in [6.45, 7) is 4.76. The number of ether oxygens (including phenoxy) is 1. The second-order valence-electron chi connectivity index (χ2n) is 6.42. The number of thiophene rings is 1. The maximum atomic E-state index is 13.6. The number of aliphatic hydroxyl groups is 1. The van der Waals surface area contributed by atoms with Crippen LogP contribution in [0, 0.1) is 5.82 Å². The summed E-state index contributed by atoms with van der Waals surface area (Å²) in [5.74, 6) is -0.0362. The molecule has 1 aromatic carbocycles. The highest BCUT2D eigenvalue weighted by Crippen LogP contribution is 2.23. The van der Waals surface area contributed by atoms with Gasteiger partial charge in [0.2, 0.25) is 0 Å². The highest BCUT2D eigenvalue weighted by Gasteiger charge is 2.27. The molecular weight excluding hydrogens is 339 g/mol. The van der Waals surface area contributed by atoms with Gasteiger partial charge in [0.05, 0.1) is 7.11 Å². The van der Waals surface area contributed by atoms with Crippen molar-refractivity contribution in [3.05, 3.63) is 52.0 Å². The van der Waals surface area contributed by atoms with Crippen molar-refractivity contribution in [1.29, 1.82) is 0 Å². The van der Waals surface area contributed by atoms with Crippen molar-refractivity contribution in [3.63, 3.8) is 0 Å². The molecule has 0 radical (unpaired) electrons. The standard InChI is InChI=1S/C19H25FN2O2S/c1-24-19-11-15(4-5-18(19)20)12-21-7-8-22(16(13-21)6-9-23)14-17-3-2-10-25-17/h2-5,10-11,16,23H,6-9,12-14H2,1H3/t16-/m0/s1. The molecule has 0 spiro atoms. The van der Waals surface area contributed by atoms with Gasteiger partial charge < -0.3 is 9.84 Å². The van der Waals surface area contributed by atoms with E-state index in [0.29, 0.717) is 11.8 Å². The van der Waals surface area contributed by atoms with Gasteiger partial charge in [0.25, 0.3) is 0 Å². The Hall–Kier alpha value is -1.47. The third-order valence-electron chi connectivity index (χ3n) is 4.71. The first-order chi connectivity index (χ1) is 12.2. The topological polar surface area (TPSA) is 35.9 Å². The first kappa shape index (κ1) is 18.3. The summed E-state index contributed by atoms with van der Waals surface area (Å²) < 4.78 is 18.6. The van der Waals surface area contributed by atoms with Gasteiger partial charge in [-0.1, -0.05) is 12.1 Å². The lowest BCUT2D eigenvalue weighted by Gasteiger charge is -2.41. The van der Waals surface area contributed by atoms with Crippen LogP contribution in [0.2, 0.25) is 0 Å². The number of piperazine rings is 1. The van der Waals surface area contributed by atoms with E-state index >= 15 is 0 Å². The van der Waals surface area contributed by atoms with Crippen molar-refractivity contribution in [2.45, 2.75) is 25.6 Å². The SMILES string of the molecule is COc1cc(CN2CCN(Cc3cccs3)[C@@H](CCO)C2)ccc1F. The van der Waals surface area contributed by atoms with Gasteiger partial charge in [-0.25, -0.2) is 4.39 Å². The molecule has 6 heteroatoms. The maximum absolute atomic E-state index is 13.6. The molecule has 0 amide bonds. The third kappa shape index (κ3) is 4.79. The molecule has 1 aromatic heterocycles. The Labute approximate surface area is 152 Å². The maximum Gasteiger partial charge on any atom is 0.165 e. The molecule has 0 bridgehead atoms. The van der Waals surface area contributed by atoms with Crippen LogP contribution in [-0.2, 0) is 13.1 Å². The normalized spacial score (nSPS) is 19.2. The average Bonchev–Trinajstić information content (AvgIpc) is 3.12. The van der Waals surface area contributed by atoms with E-state index in [0.717, 1.165) is 44.7 Å². The average molecular weight is 364 g/mol. The van der Waals surface area contributed by atoms with Gasteiger partial charge in [-0.15, -0.1) is 11.3 Å². The lowest BCUT2D eigenvalue weighted by molar-refractivity contribution is 0.0506. The number of methoxy groups -OCH3 is 1. The van der Waals surface area contributed by atoms with E-state index in [1.807, 2.05) is 6.07 Å². The van der Waals surface area contributed by atoms with Crippen LogP contribution in [0.1, 0.15) is 16.9 Å². The summed E-state index contributed by atoms with van der Waals surface area (Å²) in [6.07, 6.45) is 0.772. The molecule has 0 aliphatic carbocycles. The predicted molar refractivity (Wildman–Crippen MR) is 98.4 cm³/mol. The minimum Gasteiger partial charge on any atom is -0.494 e. The second-order valence-corrected chi connectivity index (χ2v) is 7.45. The number of hydrogen-bond donors (Lipinski definition) is 1. The Morgan fingerprint density at radius 2 is 2.16 bits per heavy atom. The van der Waals surface area contributed by atoms with Gasteiger partial charge in [-0.05, 0) is 35.6 Å². The monoisotopic (exact) mass is 364 g/mol. The fraction of sp³-hybridized carbons (Fsp3) is 0.474. The minimum atomic E-state index is -0.329. The molecule has 25 heavy (non-hydrogen) atoms. The van der Waals surface area contributed by atoms with Crippen molar-refractivity contribution in [2.24, 2.45) is 0 Å². The van der Waals surface area contributed by atoms with Crippen molar-refractivity contribution in [2.75, 3.05) is 33.4 Å². The number of rotatable bonds is 7. The quantitative estimate of drug-likeness (QED) is 0.819. The van der Waals surface area contributed by atoms with E-state index in [1.165, 1.54) is 18.1 Å². The molecule has 0 saturated carbocycles. The Kier molecular flexibility index (Phi) is 6.42. The lowest BCUT2D eigenvalue weighted by Crippen LogP contribution is -2.52. The summed E-state index contributed by atoms with van der Waals surface area (Å²) >= 11 is 1.78. The van der Waals surface area contributed by atoms with Crippen molar-refractivity contribution >= 4 is 11.3 Å². The fourth-order valence-corrected chi connectivity index (χ4v) is 4.12. The summed E-state index contributed by atoms with van der Waals surface area (Å²) in [6, 6.07) is 9.64. The molecule has 1 aliphatic heterocycles. The molecule has 1 saturated heterocycles. The van der Waals surface area contributed by atoms with Gasteiger partial charge in [-0.3, -0.25) is 9.80 Å². The van der Waals surface area contributed by atoms with Gasteiger partial charge in [0.1, 0.15) is 0 Å². The zero-order chi connectivity index (χ0) is 17.6. The minimum absolute atomic E-state index is 0.198. The first-order valence-corrected chi connectivity index (χ1v) is 9.49. The molecule has 136 valence electrons. The zero-order valence-corrected chi connectivity index (χ0v) is 15.3. The number of hydrogen-bond acceptors (Lipinski definition) is 5. The van der Waals surface area contributed by atoms with E-state index in [2.05, 4.69) is 27.3 Å². The van der Waals surface area contributed by atoms with Gasteiger partial charge in [-0.2, -0.15) is 0 Å². The number of benzene rings is 1. The molecule has 3 rings (SSSR count). The molecule has 2 heterocycles. The van der Waals surface area contributed by atoms with Crippen LogP contribution in [0.3, 0.4) is 0 Å². The summed E-state index contributed by atoms with van der Waals surface area (Å²) in [4.78, 5) is 6.20. The van der Waals surface area contributed by atoms with Gasteiger partial charge in [0.15, 0.2) is 11.6 Å². The highest BCUT2D eigenvalue weighted by atomic mass is 32.1. The van der Waals surface area contributed by atoms with Crippen molar-refractivity contribution in [1.82, 2.24) is 9.80 Å². The van der Waals surface area contributed by atoms with Crippen molar-refractivity contribution in [3.8, 4) is 5.75 Å². The smallest absolute Gasteiger partial charge is 0.165 e. The predicted octanol–water partition coefficient (Wildman–Crippen LogP) is 2.96. The first-order valence-electron chi connectivity index (χ1n) is 8.61. The number of halogens is 1. The molecule has 2 aromatic rings. The molecule has 1 aliphatic rings. The van der Waals surface area contributed by atoms with E-state index in [9.17, 15) is 9.50 Å². The Bertz CT molecular complexity index is 665. The molecule has 1 fully saturated rings. The summed E-state index contributed by atoms with van der Waals surface area (Å²) in [5.41, 5.74) is 1.05. The highest BCUT2D eigenvalue weighted by molar-refractivity contribution is 7.09. The second kappa shape index (κ2) is 8.76. The molecule has 1 atom stereocenters. The van der Waals surface area contributed by atoms with Crippen LogP contribution in [0.4, 0.5) is 4.39 Å². The molecular formula is C19H25FN2O2S. The molecule has 0 unspecified atom stereocenters. The third-order valence-corrected chi connectivity index (χ3v) is 5.57. The Morgan fingerprint density at radius 3 is 2.88 bits per heavy atom. The van der Waals surface area contributed by atoms with E-state index in [1.54, 1.807) is 17.4 Å². The fourth-order valence-electron chi connectivity index (χ4n) is 3.40. The number of aliphatic hydroxyl groups excluding tert-OH is 1. The Balaban J connectivity index is 1.63. The van der Waals surface area contributed by atoms with Gasteiger partial charge >= 0.3 is 0 Å². The Morgan fingerprint density at radius 1 is 1.28 bits per heavy atom. The largest absolute Gasteiger partial charge is 0.494 e. The van der Waals surface area contributed by atoms with E-state index in [-0.39, 0.29) is 12.4 Å². The van der Waals surface area contributed by atoms with Crippen LogP contribution in [0.15, 0.2) is 35.7 Å². The summed E-state index contributed by atoms with van der Waals surface area (Å²) in [7, 11) is 1.49.